The first-order valence-corrected chi connectivity index (χ1v) is 6.81. The summed E-state index contributed by atoms with van der Waals surface area (Å²) in [5.41, 5.74) is 6.14. The average molecular weight is 284 g/mol. The van der Waals surface area contributed by atoms with Crippen LogP contribution in [-0.4, -0.2) is 20.9 Å². The van der Waals surface area contributed by atoms with Crippen molar-refractivity contribution >= 4 is 16.1 Å². The van der Waals surface area contributed by atoms with Gasteiger partial charge in [-0.1, -0.05) is 17.7 Å². The lowest BCUT2D eigenvalue weighted by atomic mass is 10.2. The van der Waals surface area contributed by atoms with Crippen LogP contribution in [0.4, 0.5) is 0 Å². The van der Waals surface area contributed by atoms with Crippen LogP contribution in [0.15, 0.2) is 40.9 Å². The zero-order chi connectivity index (χ0) is 13.9. The summed E-state index contributed by atoms with van der Waals surface area (Å²) in [4.78, 5) is 15.6. The molecular formula is C11H12N2O5S. The van der Waals surface area contributed by atoms with Crippen LogP contribution in [0, 0.1) is 6.92 Å². The molecule has 0 unspecified atom stereocenters. The monoisotopic (exact) mass is 284 g/mol. The third kappa shape index (κ3) is 3.31. The molecule has 1 heterocycles. The van der Waals surface area contributed by atoms with E-state index < -0.39 is 16.1 Å². The summed E-state index contributed by atoms with van der Waals surface area (Å²) in [6.45, 7) is 2.26. The summed E-state index contributed by atoms with van der Waals surface area (Å²) in [6, 6.07) is 5.96. The van der Waals surface area contributed by atoms with Gasteiger partial charge in [0, 0.05) is 6.54 Å². The van der Waals surface area contributed by atoms with Gasteiger partial charge in [0.1, 0.15) is 5.70 Å². The first kappa shape index (κ1) is 13.5. The highest BCUT2D eigenvalue weighted by Gasteiger charge is 2.22. The van der Waals surface area contributed by atoms with Crippen LogP contribution in [0.25, 0.3) is 0 Å². The van der Waals surface area contributed by atoms with Crippen molar-refractivity contribution in [3.8, 4) is 0 Å². The summed E-state index contributed by atoms with van der Waals surface area (Å²) in [5.74, 6) is -0.916. The molecule has 102 valence electrons. The molecule has 2 rings (SSSR count). The molecule has 0 aromatic heterocycles. The summed E-state index contributed by atoms with van der Waals surface area (Å²) in [5, 5.41) is 0. The van der Waals surface area contributed by atoms with Crippen molar-refractivity contribution in [2.75, 3.05) is 6.54 Å². The SMILES string of the molecule is Cc1ccc(S(=O)(=O)OOC(=O)C2=CCNN2)cc1. The molecule has 1 aliphatic rings. The Morgan fingerprint density at radius 1 is 1.26 bits per heavy atom. The molecule has 0 atom stereocenters. The van der Waals surface area contributed by atoms with Crippen molar-refractivity contribution in [1.29, 1.82) is 0 Å². The van der Waals surface area contributed by atoms with E-state index in [0.29, 0.717) is 6.54 Å². The molecule has 0 bridgehead atoms. The van der Waals surface area contributed by atoms with Crippen molar-refractivity contribution in [2.45, 2.75) is 11.8 Å². The molecule has 19 heavy (non-hydrogen) atoms. The molecule has 2 N–H and O–H groups in total. The van der Waals surface area contributed by atoms with E-state index in [1.54, 1.807) is 12.1 Å². The number of carbonyl (C=O) groups is 1. The Morgan fingerprint density at radius 3 is 2.53 bits per heavy atom. The largest absolute Gasteiger partial charge is 0.391 e. The molecule has 0 saturated heterocycles. The Balaban J connectivity index is 2.01. The minimum absolute atomic E-state index is 0.0858. The third-order valence-corrected chi connectivity index (χ3v) is 3.46. The van der Waals surface area contributed by atoms with Crippen molar-refractivity contribution in [1.82, 2.24) is 10.9 Å². The fourth-order valence-corrected chi connectivity index (χ4v) is 2.05. The van der Waals surface area contributed by atoms with E-state index in [1.165, 1.54) is 18.2 Å². The van der Waals surface area contributed by atoms with Gasteiger partial charge in [-0.2, -0.15) is 8.42 Å². The number of hydrogen-bond donors (Lipinski definition) is 2. The molecule has 7 nitrogen and oxygen atoms in total. The molecule has 8 heteroatoms. The van der Waals surface area contributed by atoms with Crippen LogP contribution in [0.3, 0.4) is 0 Å². The second kappa shape index (κ2) is 5.39. The zero-order valence-corrected chi connectivity index (χ0v) is 10.9. The van der Waals surface area contributed by atoms with Gasteiger partial charge < -0.3 is 5.43 Å². The predicted octanol–water partition coefficient (Wildman–Crippen LogP) is 0.150. The maximum absolute atomic E-state index is 11.7. The number of benzene rings is 1. The minimum atomic E-state index is -4.12. The van der Waals surface area contributed by atoms with E-state index in [0.717, 1.165) is 5.56 Å². The van der Waals surface area contributed by atoms with Gasteiger partial charge in [0.05, 0.1) is 4.90 Å². The van der Waals surface area contributed by atoms with Crippen LogP contribution in [-0.2, 0) is 24.1 Å². The van der Waals surface area contributed by atoms with E-state index in [-0.39, 0.29) is 10.6 Å². The van der Waals surface area contributed by atoms with Gasteiger partial charge in [0.25, 0.3) is 0 Å². The lowest BCUT2D eigenvalue weighted by molar-refractivity contribution is -0.206. The van der Waals surface area contributed by atoms with Gasteiger partial charge in [-0.25, -0.2) is 10.2 Å². The third-order valence-electron chi connectivity index (χ3n) is 2.36. The van der Waals surface area contributed by atoms with Crippen LogP contribution >= 0.6 is 0 Å². The molecule has 0 spiro atoms. The Labute approximate surface area is 110 Å². The van der Waals surface area contributed by atoms with Crippen LogP contribution in [0.5, 0.6) is 0 Å². The highest BCUT2D eigenvalue weighted by atomic mass is 32.2. The first-order valence-electron chi connectivity index (χ1n) is 5.40. The average Bonchev–Trinajstić information content (AvgIpc) is 2.90. The van der Waals surface area contributed by atoms with Gasteiger partial charge in [-0.3, -0.25) is 4.89 Å². The maximum Gasteiger partial charge on any atom is 0.391 e. The fraction of sp³-hybridized carbons (Fsp3) is 0.182. The number of hydrazine groups is 1. The molecule has 0 radical (unpaired) electrons. The number of hydrogen-bond acceptors (Lipinski definition) is 7. The molecule has 1 aromatic rings. The van der Waals surface area contributed by atoms with Gasteiger partial charge in [0.2, 0.25) is 0 Å². The molecule has 0 fully saturated rings. The van der Waals surface area contributed by atoms with Gasteiger partial charge >= 0.3 is 16.1 Å². The Kier molecular flexibility index (Phi) is 3.84. The molecule has 1 aliphatic heterocycles. The van der Waals surface area contributed by atoms with E-state index in [2.05, 4.69) is 20.1 Å². The van der Waals surface area contributed by atoms with Crippen molar-refractivity contribution < 1.29 is 22.4 Å². The van der Waals surface area contributed by atoms with Crippen LogP contribution in [0.1, 0.15) is 5.56 Å². The topological polar surface area (TPSA) is 93.7 Å². The molecule has 0 amide bonds. The van der Waals surface area contributed by atoms with Gasteiger partial charge in [0.15, 0.2) is 0 Å². The van der Waals surface area contributed by atoms with Crippen molar-refractivity contribution in [2.24, 2.45) is 0 Å². The highest BCUT2D eigenvalue weighted by Crippen LogP contribution is 2.14. The molecule has 0 saturated carbocycles. The number of rotatable bonds is 4. The van der Waals surface area contributed by atoms with Crippen molar-refractivity contribution in [3.05, 3.63) is 41.6 Å². The van der Waals surface area contributed by atoms with Crippen LogP contribution < -0.4 is 10.9 Å². The minimum Gasteiger partial charge on any atom is -0.315 e. The Morgan fingerprint density at radius 2 is 1.95 bits per heavy atom. The normalized spacial score (nSPS) is 14.7. The Hall–Kier alpha value is -1.90. The van der Waals surface area contributed by atoms with E-state index in [4.69, 9.17) is 0 Å². The second-order valence-electron chi connectivity index (χ2n) is 3.83. The van der Waals surface area contributed by atoms with E-state index >= 15 is 0 Å². The van der Waals surface area contributed by atoms with Crippen LogP contribution in [0.2, 0.25) is 0 Å². The van der Waals surface area contributed by atoms with Gasteiger partial charge in [-0.15, -0.1) is 0 Å². The van der Waals surface area contributed by atoms with E-state index in [9.17, 15) is 13.2 Å². The summed E-state index contributed by atoms with van der Waals surface area (Å²) in [7, 11) is -4.12. The molecule has 0 aliphatic carbocycles. The predicted molar refractivity (Wildman–Crippen MR) is 64.8 cm³/mol. The Bertz CT molecular complexity index is 606. The second-order valence-corrected chi connectivity index (χ2v) is 5.35. The quantitative estimate of drug-likeness (QED) is 0.600. The summed E-state index contributed by atoms with van der Waals surface area (Å²) >= 11 is 0. The van der Waals surface area contributed by atoms with Gasteiger partial charge in [-0.05, 0) is 29.5 Å². The van der Waals surface area contributed by atoms with E-state index in [1.807, 2.05) is 6.92 Å². The number of carbonyl (C=O) groups excluding carboxylic acids is 1. The highest BCUT2D eigenvalue weighted by molar-refractivity contribution is 7.86. The maximum atomic E-state index is 11.7. The summed E-state index contributed by atoms with van der Waals surface area (Å²) < 4.78 is 27.7. The lowest BCUT2D eigenvalue weighted by Gasteiger charge is -2.05. The fourth-order valence-electron chi connectivity index (χ4n) is 1.35. The smallest absolute Gasteiger partial charge is 0.315 e. The lowest BCUT2D eigenvalue weighted by Crippen LogP contribution is -2.28. The summed E-state index contributed by atoms with van der Waals surface area (Å²) in [6.07, 6.45) is 1.50. The molecule has 1 aromatic carbocycles. The number of nitrogens with one attached hydrogen (secondary N) is 2. The number of aryl methyl sites for hydroxylation is 1. The molecular weight excluding hydrogens is 272 g/mol. The van der Waals surface area contributed by atoms with Crippen molar-refractivity contribution in [3.63, 3.8) is 0 Å². The first-order chi connectivity index (χ1) is 8.99. The standard InChI is InChI=1S/C11H12N2O5S/c1-8-2-4-9(5-3-8)19(15,16)18-17-11(14)10-6-7-12-13-10/h2-6,12-13H,7H2,1H3. The zero-order valence-electron chi connectivity index (χ0n) is 10.0.